The number of halogens is 9. The maximum atomic E-state index is 10.6. The Kier molecular flexibility index (Phi) is 17.3. The van der Waals surface area contributed by atoms with Crippen LogP contribution in [-0.2, 0) is 30.4 Å². The third kappa shape index (κ3) is 16.6. The van der Waals surface area contributed by atoms with E-state index in [0.717, 1.165) is 45.9 Å². The van der Waals surface area contributed by atoms with Crippen LogP contribution in [-0.4, -0.2) is 127 Å². The Bertz CT molecular complexity index is 976. The Hall–Kier alpha value is -3.23. The molecule has 0 bridgehead atoms. The van der Waals surface area contributed by atoms with Crippen LogP contribution < -0.4 is 0 Å². The first kappa shape index (κ1) is 41.8. The van der Waals surface area contributed by atoms with Crippen LogP contribution in [0.5, 0.6) is 0 Å². The van der Waals surface area contributed by atoms with Gasteiger partial charge in [-0.25, -0.2) is 14.4 Å². The van der Waals surface area contributed by atoms with Crippen LogP contribution in [0.1, 0.15) is 18.5 Å². The standard InChI is InChI=1S/C19H31N3O2.3C2HF3O2/c1-23-12-11-22-13-17(15-24-2)19(16-22)6-9-21(10-7-19)14-18-5-3-4-8-20-18;3*3-2(4,5)1(6)7/h3-5,8,17H,6-7,9-16H2,1-2H3;3*(H,6,7). The first-order valence-electron chi connectivity index (χ1n) is 12.8. The summed E-state index contributed by atoms with van der Waals surface area (Å²) < 4.78 is 106. The van der Waals surface area contributed by atoms with E-state index in [9.17, 15) is 39.5 Å². The van der Waals surface area contributed by atoms with E-state index in [-0.39, 0.29) is 0 Å². The molecule has 1 unspecified atom stereocenters. The number of alkyl halides is 9. The van der Waals surface area contributed by atoms with Crippen molar-refractivity contribution in [3.8, 4) is 0 Å². The molecule has 1 aromatic rings. The number of carbonyl (C=O) groups is 3. The van der Waals surface area contributed by atoms with E-state index < -0.39 is 36.4 Å². The van der Waals surface area contributed by atoms with Gasteiger partial charge < -0.3 is 29.7 Å². The molecule has 3 heterocycles. The lowest BCUT2D eigenvalue weighted by atomic mass is 9.71. The molecule has 260 valence electrons. The zero-order chi connectivity index (χ0) is 35.1. The molecule has 11 nitrogen and oxygen atoms in total. The van der Waals surface area contributed by atoms with Gasteiger partial charge in [-0.15, -0.1) is 0 Å². The maximum Gasteiger partial charge on any atom is 0.490 e. The monoisotopic (exact) mass is 675 g/mol. The Labute approximate surface area is 251 Å². The van der Waals surface area contributed by atoms with Crippen molar-refractivity contribution in [1.29, 1.82) is 0 Å². The molecular formula is C25H34F9N3O8. The lowest BCUT2D eigenvalue weighted by molar-refractivity contribution is -0.193. The Morgan fingerprint density at radius 1 is 0.844 bits per heavy atom. The number of ether oxygens (including phenoxy) is 2. The molecule has 3 rings (SSSR count). The predicted molar refractivity (Wildman–Crippen MR) is 136 cm³/mol. The number of methoxy groups -OCH3 is 2. The van der Waals surface area contributed by atoms with E-state index in [1.165, 1.54) is 25.1 Å². The summed E-state index contributed by atoms with van der Waals surface area (Å²) in [4.78, 5) is 36.3. The number of rotatable bonds is 7. The minimum absolute atomic E-state index is 0.421. The molecular weight excluding hydrogens is 641 g/mol. The largest absolute Gasteiger partial charge is 0.490 e. The molecule has 0 saturated carbocycles. The predicted octanol–water partition coefficient (Wildman–Crippen LogP) is 3.79. The van der Waals surface area contributed by atoms with Crippen molar-refractivity contribution in [3.63, 3.8) is 0 Å². The number of hydrogen-bond acceptors (Lipinski definition) is 8. The zero-order valence-corrected chi connectivity index (χ0v) is 24.1. The van der Waals surface area contributed by atoms with Crippen LogP contribution in [0.3, 0.4) is 0 Å². The molecule has 1 spiro atoms. The fourth-order valence-electron chi connectivity index (χ4n) is 4.41. The average Bonchev–Trinajstić information content (AvgIpc) is 3.25. The third-order valence-corrected chi connectivity index (χ3v) is 6.55. The number of hydrogen-bond donors (Lipinski definition) is 3. The molecule has 3 N–H and O–H groups in total. The summed E-state index contributed by atoms with van der Waals surface area (Å²) in [5.74, 6) is -7.62. The van der Waals surface area contributed by atoms with E-state index in [2.05, 4.69) is 26.9 Å². The topological polar surface area (TPSA) is 150 Å². The second-order valence-electron chi connectivity index (χ2n) is 9.75. The first-order valence-corrected chi connectivity index (χ1v) is 12.8. The van der Waals surface area contributed by atoms with Gasteiger partial charge in [0.15, 0.2) is 0 Å². The summed E-state index contributed by atoms with van der Waals surface area (Å²) in [6.45, 7) is 8.38. The fourth-order valence-corrected chi connectivity index (χ4v) is 4.41. The summed E-state index contributed by atoms with van der Waals surface area (Å²) in [7, 11) is 3.62. The highest BCUT2D eigenvalue weighted by atomic mass is 19.4. The minimum Gasteiger partial charge on any atom is -0.475 e. The summed E-state index contributed by atoms with van der Waals surface area (Å²) in [5, 5.41) is 21.4. The van der Waals surface area contributed by atoms with Gasteiger partial charge in [-0.3, -0.25) is 9.88 Å². The molecule has 20 heteroatoms. The van der Waals surface area contributed by atoms with Crippen LogP contribution in [0, 0.1) is 11.3 Å². The molecule has 2 aliphatic rings. The second-order valence-corrected chi connectivity index (χ2v) is 9.75. The molecule has 1 aromatic heterocycles. The van der Waals surface area contributed by atoms with Gasteiger partial charge in [0.2, 0.25) is 0 Å². The van der Waals surface area contributed by atoms with E-state index in [4.69, 9.17) is 39.2 Å². The molecule has 45 heavy (non-hydrogen) atoms. The van der Waals surface area contributed by atoms with E-state index in [0.29, 0.717) is 11.3 Å². The molecule has 1 atom stereocenters. The Morgan fingerprint density at radius 3 is 1.67 bits per heavy atom. The van der Waals surface area contributed by atoms with Gasteiger partial charge in [-0.1, -0.05) is 6.07 Å². The van der Waals surface area contributed by atoms with Gasteiger partial charge >= 0.3 is 36.4 Å². The summed E-state index contributed by atoms with van der Waals surface area (Å²) in [5.41, 5.74) is 1.60. The number of aliphatic carboxylic acids is 3. The molecule has 0 aromatic carbocycles. The normalized spacial score (nSPS) is 18.4. The molecule has 0 aliphatic carbocycles. The van der Waals surface area contributed by atoms with Crippen molar-refractivity contribution in [2.24, 2.45) is 11.3 Å². The number of carboxylic acid groups (broad SMARTS) is 3. The Morgan fingerprint density at radius 2 is 1.31 bits per heavy atom. The van der Waals surface area contributed by atoms with Crippen LogP contribution in [0.25, 0.3) is 0 Å². The lowest BCUT2D eigenvalue weighted by Gasteiger charge is -2.42. The SMILES string of the molecule is COCCN1CC(COC)C2(CCN(Cc3ccccn3)CC2)C1.O=C(O)C(F)(F)F.O=C(O)C(F)(F)F.O=C(O)C(F)(F)F. The van der Waals surface area contributed by atoms with Crippen LogP contribution in [0.15, 0.2) is 24.4 Å². The van der Waals surface area contributed by atoms with Gasteiger partial charge in [-0.2, -0.15) is 39.5 Å². The van der Waals surface area contributed by atoms with Crippen molar-refractivity contribution in [2.75, 3.05) is 60.2 Å². The number of pyridine rings is 1. The van der Waals surface area contributed by atoms with Gasteiger partial charge in [0.1, 0.15) is 0 Å². The first-order chi connectivity index (χ1) is 20.6. The summed E-state index contributed by atoms with van der Waals surface area (Å²) in [6, 6.07) is 6.18. The number of aromatic nitrogens is 1. The smallest absolute Gasteiger partial charge is 0.475 e. The number of carboxylic acids is 3. The molecule has 0 radical (unpaired) electrons. The minimum atomic E-state index is -5.08. The quantitative estimate of drug-likeness (QED) is 0.363. The van der Waals surface area contributed by atoms with Crippen molar-refractivity contribution < 1.29 is 78.7 Å². The number of likely N-dealkylation sites (tertiary alicyclic amines) is 2. The van der Waals surface area contributed by atoms with Crippen LogP contribution in [0.2, 0.25) is 0 Å². The molecule has 2 fully saturated rings. The van der Waals surface area contributed by atoms with Crippen molar-refractivity contribution >= 4 is 17.9 Å². The van der Waals surface area contributed by atoms with Gasteiger partial charge in [-0.05, 0) is 43.5 Å². The number of nitrogens with zero attached hydrogens (tertiary/aromatic N) is 3. The highest BCUT2D eigenvalue weighted by Crippen LogP contribution is 2.44. The maximum absolute atomic E-state index is 10.6. The molecule has 2 saturated heterocycles. The van der Waals surface area contributed by atoms with Gasteiger partial charge in [0.25, 0.3) is 0 Å². The zero-order valence-electron chi connectivity index (χ0n) is 24.1. The van der Waals surface area contributed by atoms with E-state index in [1.807, 2.05) is 19.4 Å². The second kappa shape index (κ2) is 18.7. The van der Waals surface area contributed by atoms with Crippen LogP contribution in [0.4, 0.5) is 39.5 Å². The van der Waals surface area contributed by atoms with Crippen molar-refractivity contribution in [1.82, 2.24) is 14.8 Å². The highest BCUT2D eigenvalue weighted by Gasteiger charge is 2.47. The van der Waals surface area contributed by atoms with Crippen molar-refractivity contribution in [2.45, 2.75) is 37.9 Å². The summed E-state index contributed by atoms with van der Waals surface area (Å²) in [6.07, 6.45) is -10.8. The highest BCUT2D eigenvalue weighted by molar-refractivity contribution is 5.73. The van der Waals surface area contributed by atoms with Crippen molar-refractivity contribution in [3.05, 3.63) is 30.1 Å². The number of piperidine rings is 1. The Balaban J connectivity index is 0.000000753. The van der Waals surface area contributed by atoms with E-state index in [1.54, 1.807) is 7.11 Å². The van der Waals surface area contributed by atoms with E-state index >= 15 is 0 Å². The van der Waals surface area contributed by atoms with Crippen LogP contribution >= 0.6 is 0 Å². The lowest BCUT2D eigenvalue weighted by Crippen LogP contribution is -2.45. The summed E-state index contributed by atoms with van der Waals surface area (Å²) >= 11 is 0. The fraction of sp³-hybridized carbons (Fsp3) is 0.680. The molecule has 2 aliphatic heterocycles. The van der Waals surface area contributed by atoms with Gasteiger partial charge in [0.05, 0.1) is 18.9 Å². The van der Waals surface area contributed by atoms with Gasteiger partial charge in [0, 0.05) is 52.5 Å². The molecule has 0 amide bonds. The average molecular weight is 676 g/mol. The third-order valence-electron chi connectivity index (χ3n) is 6.55.